The Morgan fingerprint density at radius 3 is 2.74 bits per heavy atom. The number of rotatable bonds is 5. The molecule has 0 spiro atoms. The van der Waals surface area contributed by atoms with Crippen LogP contribution in [-0.4, -0.2) is 48.4 Å². The Morgan fingerprint density at radius 2 is 1.94 bits per heavy atom. The molecular formula is C21H21N7O3. The number of aromatic nitrogens is 6. The van der Waals surface area contributed by atoms with Crippen molar-refractivity contribution >= 4 is 22.7 Å². The van der Waals surface area contributed by atoms with Gasteiger partial charge < -0.3 is 19.1 Å². The molecule has 1 aliphatic heterocycles. The summed E-state index contributed by atoms with van der Waals surface area (Å²) < 4.78 is 13.2. The molecule has 1 N–H and O–H groups in total. The topological polar surface area (TPSA) is 111 Å². The lowest BCUT2D eigenvalue weighted by atomic mass is 10.0. The van der Waals surface area contributed by atoms with Gasteiger partial charge in [-0.1, -0.05) is 6.07 Å². The first-order chi connectivity index (χ1) is 15.0. The van der Waals surface area contributed by atoms with Crippen LogP contribution in [0.4, 0.5) is 11.5 Å². The summed E-state index contributed by atoms with van der Waals surface area (Å²) >= 11 is 0. The highest BCUT2D eigenvalue weighted by Gasteiger charge is 2.27. The molecule has 1 aromatic carbocycles. The summed E-state index contributed by atoms with van der Waals surface area (Å²) in [7, 11) is 1.63. The van der Waals surface area contributed by atoms with Crippen molar-refractivity contribution in [3.05, 3.63) is 54.5 Å². The van der Waals surface area contributed by atoms with Gasteiger partial charge in [0.15, 0.2) is 17.2 Å². The van der Waals surface area contributed by atoms with Crippen LogP contribution >= 0.6 is 0 Å². The number of nitrogens with zero attached hydrogens (tertiary/aromatic N) is 7. The minimum absolute atomic E-state index is 0.307. The molecule has 0 saturated carbocycles. The number of ether oxygens (including phenoxy) is 2. The zero-order chi connectivity index (χ0) is 21.6. The van der Waals surface area contributed by atoms with Gasteiger partial charge in [-0.25, -0.2) is 24.9 Å². The minimum atomic E-state index is -1.11. The fourth-order valence-electron chi connectivity index (χ4n) is 3.65. The molecule has 0 radical (unpaired) electrons. The lowest BCUT2D eigenvalue weighted by Crippen LogP contribution is -2.25. The Kier molecular flexibility index (Phi) is 4.53. The highest BCUT2D eigenvalue weighted by molar-refractivity contribution is 5.75. The average molecular weight is 419 g/mol. The molecule has 31 heavy (non-hydrogen) atoms. The van der Waals surface area contributed by atoms with Crippen LogP contribution in [0.5, 0.6) is 11.6 Å². The molecule has 1 aliphatic rings. The van der Waals surface area contributed by atoms with Gasteiger partial charge in [-0.3, -0.25) is 4.90 Å². The number of hydrogen-bond acceptors (Lipinski definition) is 9. The van der Waals surface area contributed by atoms with Crippen LogP contribution in [0.15, 0.2) is 43.2 Å². The lowest BCUT2D eigenvalue weighted by Gasteiger charge is -2.30. The Bertz CT molecular complexity index is 1270. The number of anilines is 2. The predicted octanol–water partition coefficient (Wildman–Crippen LogP) is 2.74. The van der Waals surface area contributed by atoms with Crippen LogP contribution in [-0.2, 0) is 16.9 Å². The van der Waals surface area contributed by atoms with E-state index in [1.807, 2.05) is 27.7 Å². The molecule has 10 nitrogen and oxygen atoms in total. The molecule has 0 aliphatic carbocycles. The second kappa shape index (κ2) is 7.25. The van der Waals surface area contributed by atoms with Crippen LogP contribution in [0.25, 0.3) is 11.2 Å². The van der Waals surface area contributed by atoms with E-state index in [4.69, 9.17) is 9.47 Å². The first-order valence-electron chi connectivity index (χ1n) is 9.72. The van der Waals surface area contributed by atoms with Gasteiger partial charge in [0.2, 0.25) is 0 Å². The summed E-state index contributed by atoms with van der Waals surface area (Å²) in [4.78, 5) is 23.6. The smallest absolute Gasteiger partial charge is 0.263 e. The molecule has 5 rings (SSSR count). The van der Waals surface area contributed by atoms with Crippen LogP contribution in [0.3, 0.4) is 0 Å². The minimum Gasteiger partial charge on any atom is -0.434 e. The molecule has 0 saturated heterocycles. The Labute approximate surface area is 178 Å². The number of hydrogen-bond donors (Lipinski definition) is 1. The van der Waals surface area contributed by atoms with E-state index in [2.05, 4.69) is 24.9 Å². The molecule has 158 valence electrons. The quantitative estimate of drug-likeness (QED) is 0.522. The fraction of sp³-hybridized carbons (Fsp3) is 0.286. The monoisotopic (exact) mass is 419 g/mol. The molecule has 3 aromatic heterocycles. The van der Waals surface area contributed by atoms with E-state index in [1.165, 1.54) is 6.33 Å². The fourth-order valence-corrected chi connectivity index (χ4v) is 3.65. The maximum atomic E-state index is 10.4. The Morgan fingerprint density at radius 1 is 1.10 bits per heavy atom. The van der Waals surface area contributed by atoms with E-state index >= 15 is 0 Å². The third-order valence-corrected chi connectivity index (χ3v) is 5.01. The molecular weight excluding hydrogens is 398 g/mol. The first kappa shape index (κ1) is 19.3. The second-order valence-electron chi connectivity index (χ2n) is 7.76. The van der Waals surface area contributed by atoms with E-state index in [9.17, 15) is 5.11 Å². The molecule has 0 amide bonds. The third-order valence-electron chi connectivity index (χ3n) is 5.01. The zero-order valence-electron chi connectivity index (χ0n) is 17.3. The van der Waals surface area contributed by atoms with Crippen LogP contribution in [0, 0.1) is 0 Å². The van der Waals surface area contributed by atoms with Crippen LogP contribution in [0.1, 0.15) is 25.1 Å². The number of fused-ring (bicyclic) bond motifs is 3. The van der Waals surface area contributed by atoms with Crippen molar-refractivity contribution in [2.75, 3.05) is 18.7 Å². The summed E-state index contributed by atoms with van der Waals surface area (Å²) in [6, 6.07) is 5.91. The number of methoxy groups -OCH3 is 1. The number of imidazole rings is 1. The first-order valence-corrected chi connectivity index (χ1v) is 9.72. The summed E-state index contributed by atoms with van der Waals surface area (Å²) in [6.45, 7) is 4.20. The van der Waals surface area contributed by atoms with Crippen molar-refractivity contribution in [1.82, 2.24) is 29.5 Å². The molecule has 4 heterocycles. The molecule has 0 unspecified atom stereocenters. The highest BCUT2D eigenvalue weighted by atomic mass is 16.5. The van der Waals surface area contributed by atoms with Crippen molar-refractivity contribution in [2.45, 2.75) is 26.0 Å². The van der Waals surface area contributed by atoms with Crippen molar-refractivity contribution in [2.24, 2.45) is 0 Å². The largest absolute Gasteiger partial charge is 0.434 e. The van der Waals surface area contributed by atoms with Gasteiger partial charge >= 0.3 is 0 Å². The van der Waals surface area contributed by atoms with Crippen LogP contribution in [0.2, 0.25) is 0 Å². The van der Waals surface area contributed by atoms with Crippen molar-refractivity contribution < 1.29 is 14.6 Å². The van der Waals surface area contributed by atoms with E-state index in [0.29, 0.717) is 47.6 Å². The van der Waals surface area contributed by atoms with Crippen molar-refractivity contribution in [1.29, 1.82) is 0 Å². The molecule has 0 fully saturated rings. The van der Waals surface area contributed by atoms with Gasteiger partial charge in [0, 0.05) is 19.5 Å². The van der Waals surface area contributed by atoms with E-state index in [1.54, 1.807) is 39.7 Å². The van der Waals surface area contributed by atoms with Gasteiger partial charge in [-0.2, -0.15) is 0 Å². The van der Waals surface area contributed by atoms with Gasteiger partial charge in [0.25, 0.3) is 5.88 Å². The third kappa shape index (κ3) is 3.35. The normalized spacial score (nSPS) is 13.1. The Balaban J connectivity index is 1.52. The number of benzene rings is 1. The molecule has 0 atom stereocenters. The van der Waals surface area contributed by atoms with E-state index < -0.39 is 5.60 Å². The maximum absolute atomic E-state index is 10.4. The zero-order valence-corrected chi connectivity index (χ0v) is 17.3. The van der Waals surface area contributed by atoms with Crippen LogP contribution < -0.4 is 9.64 Å². The summed E-state index contributed by atoms with van der Waals surface area (Å²) in [5.74, 6) is 1.72. The van der Waals surface area contributed by atoms with Gasteiger partial charge in [-0.05, 0) is 31.5 Å². The molecule has 4 aromatic rings. The summed E-state index contributed by atoms with van der Waals surface area (Å²) in [5, 5.41) is 10.4. The van der Waals surface area contributed by atoms with Crippen molar-refractivity contribution in [3.8, 4) is 11.6 Å². The predicted molar refractivity (Wildman–Crippen MR) is 112 cm³/mol. The Hall–Kier alpha value is -3.63. The SMILES string of the molecule is COCN1c2cc(Cn3cnc4c(C(C)(C)O)ncnc43)ccc2Oc2nccnc21. The van der Waals surface area contributed by atoms with E-state index in [-0.39, 0.29) is 0 Å². The summed E-state index contributed by atoms with van der Waals surface area (Å²) in [5.41, 5.74) is 2.48. The molecule has 10 heteroatoms. The standard InChI is InChI=1S/C21H21N7O3/c1-21(2,29)17-16-18(25-10-24-17)27(11-26-16)9-13-4-5-15-14(8-13)28(12-30-3)19-20(31-15)23-7-6-22-19/h4-8,10-11,29H,9,12H2,1-3H3. The van der Waals surface area contributed by atoms with Gasteiger partial charge in [0.1, 0.15) is 29.9 Å². The second-order valence-corrected chi connectivity index (χ2v) is 7.76. The van der Waals surface area contributed by atoms with Crippen molar-refractivity contribution in [3.63, 3.8) is 0 Å². The average Bonchev–Trinajstić information content (AvgIpc) is 3.16. The maximum Gasteiger partial charge on any atom is 0.263 e. The number of aliphatic hydroxyl groups is 1. The van der Waals surface area contributed by atoms with Gasteiger partial charge in [-0.15, -0.1) is 0 Å². The van der Waals surface area contributed by atoms with Gasteiger partial charge in [0.05, 0.1) is 18.6 Å². The highest BCUT2D eigenvalue weighted by Crippen LogP contribution is 2.44. The lowest BCUT2D eigenvalue weighted by molar-refractivity contribution is 0.0753. The summed E-state index contributed by atoms with van der Waals surface area (Å²) in [6.07, 6.45) is 6.37. The molecule has 0 bridgehead atoms. The van der Waals surface area contributed by atoms with E-state index in [0.717, 1.165) is 11.3 Å².